The van der Waals surface area contributed by atoms with Crippen LogP contribution < -0.4 is 10.1 Å². The van der Waals surface area contributed by atoms with Gasteiger partial charge in [0.05, 0.1) is 0 Å². The summed E-state index contributed by atoms with van der Waals surface area (Å²) < 4.78 is 30.0. The number of ether oxygens (including phenoxy) is 1. The first-order valence-electron chi connectivity index (χ1n) is 6.17. The van der Waals surface area contributed by atoms with Crippen LogP contribution in [0.1, 0.15) is 33.3 Å². The van der Waals surface area contributed by atoms with Gasteiger partial charge in [-0.25, -0.2) is 0 Å². The third-order valence-electron chi connectivity index (χ3n) is 3.14. The quantitative estimate of drug-likeness (QED) is 0.850. The molecule has 0 aliphatic carbocycles. The summed E-state index contributed by atoms with van der Waals surface area (Å²) in [6, 6.07) is 5.29. The van der Waals surface area contributed by atoms with Gasteiger partial charge in [-0.2, -0.15) is 8.78 Å². The van der Waals surface area contributed by atoms with Gasteiger partial charge in [0.2, 0.25) is 0 Å². The minimum atomic E-state index is -2.81. The predicted molar refractivity (Wildman–Crippen MR) is 76.5 cm³/mol. The molecule has 19 heavy (non-hydrogen) atoms. The van der Waals surface area contributed by atoms with Gasteiger partial charge >= 0.3 is 6.61 Å². The molecule has 0 aliphatic heterocycles. The van der Waals surface area contributed by atoms with Gasteiger partial charge in [0.25, 0.3) is 0 Å². The second kappa shape index (κ2) is 6.66. The maximum atomic E-state index is 12.3. The first kappa shape index (κ1) is 16.4. The highest BCUT2D eigenvalue weighted by atomic mass is 79.9. The average Bonchev–Trinajstić information content (AvgIpc) is 2.27. The molecule has 5 heteroatoms. The van der Waals surface area contributed by atoms with Crippen molar-refractivity contribution in [2.45, 2.75) is 46.9 Å². The molecule has 0 saturated carbocycles. The van der Waals surface area contributed by atoms with Gasteiger partial charge in [-0.05, 0) is 30.5 Å². The molecule has 1 unspecified atom stereocenters. The first-order valence-corrected chi connectivity index (χ1v) is 6.96. The minimum Gasteiger partial charge on any atom is -0.434 e. The average molecular weight is 336 g/mol. The summed E-state index contributed by atoms with van der Waals surface area (Å²) in [5.41, 5.74) is 0.821. The van der Waals surface area contributed by atoms with Crippen molar-refractivity contribution in [3.8, 4) is 5.75 Å². The molecule has 0 spiro atoms. The summed E-state index contributed by atoms with van der Waals surface area (Å²) in [5.74, 6) is 0.215. The van der Waals surface area contributed by atoms with Crippen LogP contribution in [-0.4, -0.2) is 12.7 Å². The van der Waals surface area contributed by atoms with Gasteiger partial charge in [-0.1, -0.05) is 36.7 Å². The molecule has 1 N–H and O–H groups in total. The van der Waals surface area contributed by atoms with E-state index >= 15 is 0 Å². The van der Waals surface area contributed by atoms with E-state index in [2.05, 4.69) is 53.7 Å². The molecule has 108 valence electrons. The number of hydrogen-bond donors (Lipinski definition) is 1. The molecule has 1 aromatic carbocycles. The van der Waals surface area contributed by atoms with Gasteiger partial charge in [-0.3, -0.25) is 0 Å². The van der Waals surface area contributed by atoms with Crippen molar-refractivity contribution < 1.29 is 13.5 Å². The van der Waals surface area contributed by atoms with Gasteiger partial charge in [0.1, 0.15) is 5.75 Å². The summed E-state index contributed by atoms with van der Waals surface area (Å²) in [7, 11) is 0. The second-order valence-electron chi connectivity index (χ2n) is 5.60. The van der Waals surface area contributed by atoms with Crippen LogP contribution in [0.4, 0.5) is 8.78 Å². The molecule has 1 atom stereocenters. The van der Waals surface area contributed by atoms with Crippen molar-refractivity contribution in [3.05, 3.63) is 28.2 Å². The Kier molecular flexibility index (Phi) is 5.74. The Morgan fingerprint density at radius 1 is 1.32 bits per heavy atom. The van der Waals surface area contributed by atoms with Crippen LogP contribution in [0.15, 0.2) is 22.7 Å². The van der Waals surface area contributed by atoms with Crippen LogP contribution in [0.5, 0.6) is 5.75 Å². The minimum absolute atomic E-state index is 0.107. The molecule has 0 heterocycles. The molecule has 1 aromatic rings. The summed E-state index contributed by atoms with van der Waals surface area (Å²) in [4.78, 5) is 0. The van der Waals surface area contributed by atoms with Gasteiger partial charge in [0.15, 0.2) is 0 Å². The Balaban J connectivity index is 2.78. The number of halogens is 3. The molecular weight excluding hydrogens is 316 g/mol. The molecule has 0 aromatic heterocycles. The fourth-order valence-corrected chi connectivity index (χ4v) is 1.87. The Morgan fingerprint density at radius 2 is 1.95 bits per heavy atom. The summed E-state index contributed by atoms with van der Waals surface area (Å²) in [5, 5.41) is 3.33. The van der Waals surface area contributed by atoms with Crippen LogP contribution in [0.3, 0.4) is 0 Å². The third-order valence-corrected chi connectivity index (χ3v) is 3.63. The van der Waals surface area contributed by atoms with Gasteiger partial charge in [-0.15, -0.1) is 0 Å². The predicted octanol–water partition coefficient (Wildman–Crippen LogP) is 4.57. The second-order valence-corrected chi connectivity index (χ2v) is 6.51. The molecular formula is C14H20BrF2NO. The van der Waals surface area contributed by atoms with Crippen molar-refractivity contribution in [2.24, 2.45) is 5.41 Å². The summed E-state index contributed by atoms with van der Waals surface area (Å²) in [6.45, 7) is 6.14. The smallest absolute Gasteiger partial charge is 0.387 e. The zero-order valence-electron chi connectivity index (χ0n) is 11.6. The lowest BCUT2D eigenvalue weighted by molar-refractivity contribution is -0.0505. The number of alkyl halides is 2. The number of hydrogen-bond acceptors (Lipinski definition) is 2. The highest BCUT2D eigenvalue weighted by Crippen LogP contribution is 2.26. The SMILES string of the molecule is CC(NCc1cc(Br)ccc1OC(F)F)C(C)(C)C. The molecule has 0 fully saturated rings. The monoisotopic (exact) mass is 335 g/mol. The molecule has 0 saturated heterocycles. The van der Waals surface area contributed by atoms with E-state index in [9.17, 15) is 8.78 Å². The summed E-state index contributed by atoms with van der Waals surface area (Å²) >= 11 is 3.34. The molecule has 0 bridgehead atoms. The van der Waals surface area contributed by atoms with E-state index in [0.29, 0.717) is 12.1 Å². The normalized spacial score (nSPS) is 13.7. The van der Waals surface area contributed by atoms with Crippen LogP contribution in [0.2, 0.25) is 0 Å². The van der Waals surface area contributed by atoms with Crippen molar-refractivity contribution in [1.82, 2.24) is 5.32 Å². The number of rotatable bonds is 5. The molecule has 0 radical (unpaired) electrons. The van der Waals surface area contributed by atoms with Crippen LogP contribution in [0, 0.1) is 5.41 Å². The van der Waals surface area contributed by atoms with Crippen LogP contribution in [0.25, 0.3) is 0 Å². The lowest BCUT2D eigenvalue weighted by atomic mass is 9.88. The van der Waals surface area contributed by atoms with Crippen molar-refractivity contribution in [3.63, 3.8) is 0 Å². The van der Waals surface area contributed by atoms with E-state index < -0.39 is 6.61 Å². The topological polar surface area (TPSA) is 21.3 Å². The van der Waals surface area contributed by atoms with E-state index in [1.165, 1.54) is 0 Å². The molecule has 1 rings (SSSR count). The van der Waals surface area contributed by atoms with Crippen molar-refractivity contribution in [1.29, 1.82) is 0 Å². The Labute approximate surface area is 121 Å². The number of benzene rings is 1. The van der Waals surface area contributed by atoms with E-state index in [1.807, 2.05) is 0 Å². The van der Waals surface area contributed by atoms with E-state index in [1.54, 1.807) is 18.2 Å². The van der Waals surface area contributed by atoms with Crippen molar-refractivity contribution >= 4 is 15.9 Å². The van der Waals surface area contributed by atoms with E-state index in [0.717, 1.165) is 4.47 Å². The Hall–Kier alpha value is -0.680. The molecule has 0 aliphatic rings. The highest BCUT2D eigenvalue weighted by Gasteiger charge is 2.20. The largest absolute Gasteiger partial charge is 0.434 e. The third kappa shape index (κ3) is 5.45. The van der Waals surface area contributed by atoms with Crippen molar-refractivity contribution in [2.75, 3.05) is 0 Å². The Bertz CT molecular complexity index is 418. The first-order chi connectivity index (χ1) is 8.70. The highest BCUT2D eigenvalue weighted by molar-refractivity contribution is 9.10. The van der Waals surface area contributed by atoms with Crippen LogP contribution in [-0.2, 0) is 6.54 Å². The maximum absolute atomic E-state index is 12.3. The van der Waals surface area contributed by atoms with Gasteiger partial charge in [0, 0.05) is 22.6 Å². The van der Waals surface area contributed by atoms with E-state index in [-0.39, 0.29) is 17.2 Å². The number of nitrogens with one attached hydrogen (secondary N) is 1. The Morgan fingerprint density at radius 3 is 2.47 bits per heavy atom. The van der Waals surface area contributed by atoms with Gasteiger partial charge < -0.3 is 10.1 Å². The van der Waals surface area contributed by atoms with Crippen LogP contribution >= 0.6 is 15.9 Å². The summed E-state index contributed by atoms with van der Waals surface area (Å²) in [6.07, 6.45) is 0. The molecule has 0 amide bonds. The fourth-order valence-electron chi connectivity index (χ4n) is 1.47. The zero-order chi connectivity index (χ0) is 14.6. The zero-order valence-corrected chi connectivity index (χ0v) is 13.2. The maximum Gasteiger partial charge on any atom is 0.387 e. The lowest BCUT2D eigenvalue weighted by Gasteiger charge is -2.28. The molecule has 2 nitrogen and oxygen atoms in total. The van der Waals surface area contributed by atoms with E-state index in [4.69, 9.17) is 0 Å². The fraction of sp³-hybridized carbons (Fsp3) is 0.571. The lowest BCUT2D eigenvalue weighted by Crippen LogP contribution is -2.37. The standard InChI is InChI=1S/C14H20BrF2NO/c1-9(14(2,3)4)18-8-10-7-11(15)5-6-12(10)19-13(16)17/h5-7,9,13,18H,8H2,1-4H3.